The van der Waals surface area contributed by atoms with Crippen LogP contribution in [0.2, 0.25) is 10.0 Å². The quantitative estimate of drug-likeness (QED) is 0.543. The van der Waals surface area contributed by atoms with Crippen LogP contribution in [0.3, 0.4) is 0 Å². The maximum Gasteiger partial charge on any atom is 0.243 e. The highest BCUT2D eigenvalue weighted by atomic mass is 35.5. The van der Waals surface area contributed by atoms with Crippen molar-refractivity contribution in [2.45, 2.75) is 38.9 Å². The molecule has 2 rings (SSSR count). The van der Waals surface area contributed by atoms with Gasteiger partial charge in [-0.15, -0.1) is 0 Å². The Kier molecular flexibility index (Phi) is 8.89. The van der Waals surface area contributed by atoms with E-state index >= 15 is 0 Å². The zero-order valence-electron chi connectivity index (χ0n) is 17.3. The molecule has 0 spiro atoms. The molecular weight excluding hydrogens is 425 g/mol. The number of halogens is 2. The lowest BCUT2D eigenvalue weighted by atomic mass is 10.0. The Morgan fingerprint density at radius 1 is 1.13 bits per heavy atom. The van der Waals surface area contributed by atoms with E-state index in [4.69, 9.17) is 28.9 Å². The number of nitrogens with one attached hydrogen (secondary N) is 2. The minimum absolute atomic E-state index is 0.185. The Morgan fingerprint density at radius 2 is 1.83 bits per heavy atom. The summed E-state index contributed by atoms with van der Waals surface area (Å²) in [5.41, 5.74) is 7.18. The molecule has 2 aromatic rings. The molecule has 2 amide bonds. The third-order valence-corrected chi connectivity index (χ3v) is 5.40. The summed E-state index contributed by atoms with van der Waals surface area (Å²) in [7, 11) is 1.85. The maximum atomic E-state index is 12.9. The highest BCUT2D eigenvalue weighted by Crippen LogP contribution is 2.23. The molecule has 0 saturated carbocycles. The van der Waals surface area contributed by atoms with E-state index in [-0.39, 0.29) is 37.4 Å². The van der Waals surface area contributed by atoms with Crippen molar-refractivity contribution in [1.82, 2.24) is 20.5 Å². The summed E-state index contributed by atoms with van der Waals surface area (Å²) in [6.07, 6.45) is 1.87. The molecule has 162 valence electrons. The summed E-state index contributed by atoms with van der Waals surface area (Å²) < 4.78 is 0. The molecule has 0 aliphatic rings. The molecule has 30 heavy (non-hydrogen) atoms. The number of nitrogens with two attached hydrogens (primary N) is 1. The van der Waals surface area contributed by atoms with Crippen molar-refractivity contribution >= 4 is 40.8 Å². The number of nitrogen functional groups attached to an aromatic ring is 1. The first-order valence-electron chi connectivity index (χ1n) is 9.57. The number of anilines is 1. The number of rotatable bonds is 9. The van der Waals surface area contributed by atoms with Crippen molar-refractivity contribution in [3.63, 3.8) is 0 Å². The number of carbonyl (C=O) groups is 2. The fourth-order valence-electron chi connectivity index (χ4n) is 2.61. The number of carbonyl (C=O) groups excluding carboxylic acids is 2. The lowest BCUT2D eigenvalue weighted by Gasteiger charge is -2.23. The van der Waals surface area contributed by atoms with Crippen molar-refractivity contribution in [3.8, 4) is 0 Å². The van der Waals surface area contributed by atoms with Gasteiger partial charge in [0.25, 0.3) is 0 Å². The van der Waals surface area contributed by atoms with Crippen LogP contribution in [0.4, 0.5) is 5.82 Å². The Balaban J connectivity index is 2.09. The molecule has 1 atom stereocenters. The third-order valence-electron chi connectivity index (χ3n) is 4.66. The molecule has 7 nitrogen and oxygen atoms in total. The summed E-state index contributed by atoms with van der Waals surface area (Å²) in [6.45, 7) is 4.44. The largest absolute Gasteiger partial charge is 0.384 e. The van der Waals surface area contributed by atoms with E-state index in [0.29, 0.717) is 15.9 Å². The van der Waals surface area contributed by atoms with Crippen LogP contribution in [0.5, 0.6) is 0 Å². The van der Waals surface area contributed by atoms with E-state index in [1.807, 2.05) is 25.8 Å². The summed E-state index contributed by atoms with van der Waals surface area (Å²) >= 11 is 12.1. The van der Waals surface area contributed by atoms with Gasteiger partial charge in [-0.25, -0.2) is 4.98 Å². The number of likely N-dealkylation sites (N-methyl/N-ethyl adjacent to an activating group) is 1. The van der Waals surface area contributed by atoms with Gasteiger partial charge < -0.3 is 16.4 Å². The zero-order chi connectivity index (χ0) is 22.3. The lowest BCUT2D eigenvalue weighted by molar-refractivity contribution is -0.129. The van der Waals surface area contributed by atoms with Crippen molar-refractivity contribution in [2.75, 3.05) is 19.3 Å². The Hall–Kier alpha value is -2.35. The van der Waals surface area contributed by atoms with Crippen LogP contribution in [0.25, 0.3) is 0 Å². The topological polar surface area (TPSA) is 100 Å². The Labute approximate surface area is 186 Å². The number of hydrogen-bond acceptors (Lipinski definition) is 5. The molecule has 0 aliphatic heterocycles. The summed E-state index contributed by atoms with van der Waals surface area (Å²) in [6, 6.07) is 8.03. The number of benzene rings is 1. The molecule has 0 bridgehead atoms. The molecule has 4 N–H and O–H groups in total. The van der Waals surface area contributed by atoms with Gasteiger partial charge in [0.2, 0.25) is 11.8 Å². The monoisotopic (exact) mass is 451 g/mol. The highest BCUT2D eigenvalue weighted by molar-refractivity contribution is 6.42. The highest BCUT2D eigenvalue weighted by Gasteiger charge is 2.22. The van der Waals surface area contributed by atoms with Gasteiger partial charge in [0.1, 0.15) is 11.9 Å². The molecule has 0 saturated heterocycles. The van der Waals surface area contributed by atoms with Gasteiger partial charge in [-0.3, -0.25) is 14.5 Å². The predicted molar refractivity (Wildman–Crippen MR) is 120 cm³/mol. The molecule has 1 heterocycles. The maximum absolute atomic E-state index is 12.9. The van der Waals surface area contributed by atoms with Crippen LogP contribution >= 0.6 is 23.2 Å². The zero-order valence-corrected chi connectivity index (χ0v) is 18.8. The van der Waals surface area contributed by atoms with Crippen LogP contribution in [-0.2, 0) is 22.6 Å². The number of pyridine rings is 1. The van der Waals surface area contributed by atoms with Crippen molar-refractivity contribution in [2.24, 2.45) is 0 Å². The second-order valence-electron chi connectivity index (χ2n) is 7.39. The average molecular weight is 452 g/mol. The fraction of sp³-hybridized carbons (Fsp3) is 0.381. The smallest absolute Gasteiger partial charge is 0.243 e. The number of amides is 2. The molecule has 0 fully saturated rings. The third kappa shape index (κ3) is 7.48. The second-order valence-corrected chi connectivity index (χ2v) is 8.21. The van der Waals surface area contributed by atoms with Crippen LogP contribution in [0.1, 0.15) is 25.0 Å². The SMILES string of the molecule is CC(C)N(C)CC(=O)N[C@@H](Cc1ccc(Cl)c(Cl)c1)C(=O)NCc1ccc(N)nc1. The van der Waals surface area contributed by atoms with E-state index in [2.05, 4.69) is 15.6 Å². The van der Waals surface area contributed by atoms with Gasteiger partial charge in [0, 0.05) is 25.2 Å². The van der Waals surface area contributed by atoms with E-state index in [1.165, 1.54) is 0 Å². The van der Waals surface area contributed by atoms with Gasteiger partial charge in [-0.05, 0) is 50.2 Å². The van der Waals surface area contributed by atoms with Crippen molar-refractivity contribution in [3.05, 3.63) is 57.7 Å². The first kappa shape index (κ1) is 23.9. The lowest BCUT2D eigenvalue weighted by Crippen LogP contribution is -2.50. The average Bonchev–Trinajstić information content (AvgIpc) is 2.69. The Morgan fingerprint density at radius 3 is 2.43 bits per heavy atom. The molecule has 0 unspecified atom stereocenters. The van der Waals surface area contributed by atoms with Gasteiger partial charge in [0.05, 0.1) is 16.6 Å². The summed E-state index contributed by atoms with van der Waals surface area (Å²) in [5.74, 6) is -0.136. The minimum atomic E-state index is -0.767. The van der Waals surface area contributed by atoms with E-state index in [0.717, 1.165) is 11.1 Å². The van der Waals surface area contributed by atoms with E-state index < -0.39 is 6.04 Å². The van der Waals surface area contributed by atoms with Crippen LogP contribution in [-0.4, -0.2) is 47.4 Å². The van der Waals surface area contributed by atoms with Crippen LogP contribution in [0, 0.1) is 0 Å². The van der Waals surface area contributed by atoms with E-state index in [1.54, 1.807) is 36.5 Å². The normalized spacial score (nSPS) is 12.1. The minimum Gasteiger partial charge on any atom is -0.384 e. The second kappa shape index (κ2) is 11.2. The van der Waals surface area contributed by atoms with Crippen LogP contribution < -0.4 is 16.4 Å². The number of hydrogen-bond donors (Lipinski definition) is 3. The first-order chi connectivity index (χ1) is 14.2. The van der Waals surface area contributed by atoms with Gasteiger partial charge in [-0.2, -0.15) is 0 Å². The van der Waals surface area contributed by atoms with Gasteiger partial charge >= 0.3 is 0 Å². The fourth-order valence-corrected chi connectivity index (χ4v) is 2.93. The molecule has 0 aliphatic carbocycles. The van der Waals surface area contributed by atoms with Crippen molar-refractivity contribution < 1.29 is 9.59 Å². The van der Waals surface area contributed by atoms with E-state index in [9.17, 15) is 9.59 Å². The van der Waals surface area contributed by atoms with Gasteiger partial charge in [-0.1, -0.05) is 35.3 Å². The Bertz CT molecular complexity index is 874. The molecule has 9 heteroatoms. The molecular formula is C21H27Cl2N5O2. The predicted octanol–water partition coefficient (Wildman–Crippen LogP) is 2.65. The molecule has 1 aromatic heterocycles. The first-order valence-corrected chi connectivity index (χ1v) is 10.3. The van der Waals surface area contributed by atoms with Crippen LogP contribution in [0.15, 0.2) is 36.5 Å². The van der Waals surface area contributed by atoms with Gasteiger partial charge in [0.15, 0.2) is 0 Å². The summed E-state index contributed by atoms with van der Waals surface area (Å²) in [4.78, 5) is 31.2. The van der Waals surface area contributed by atoms with Crippen molar-refractivity contribution in [1.29, 1.82) is 0 Å². The number of aromatic nitrogens is 1. The number of nitrogens with zero attached hydrogens (tertiary/aromatic N) is 2. The summed E-state index contributed by atoms with van der Waals surface area (Å²) in [5, 5.41) is 6.49. The molecule has 0 radical (unpaired) electrons. The molecule has 1 aromatic carbocycles. The standard InChI is InChI=1S/C21H27Cl2N5O2/c1-13(2)28(3)12-20(29)27-18(9-14-4-6-16(22)17(23)8-14)21(30)26-11-15-5-7-19(24)25-10-15/h4-8,10,13,18H,9,11-12H2,1-3H3,(H2,24,25)(H,26,30)(H,27,29)/t18-/m0/s1.